The number of methoxy groups -OCH3 is 1. The number of ether oxygens (including phenoxy) is 1. The summed E-state index contributed by atoms with van der Waals surface area (Å²) in [5, 5.41) is 1.80. The van der Waals surface area contributed by atoms with Crippen LogP contribution in [0.25, 0.3) is 10.1 Å². The highest BCUT2D eigenvalue weighted by Gasteiger charge is 2.10. The highest BCUT2D eigenvalue weighted by atomic mass is 79.9. The van der Waals surface area contributed by atoms with Crippen LogP contribution in [0.1, 0.15) is 0 Å². The molecule has 0 saturated heterocycles. The average molecular weight is 278 g/mol. The van der Waals surface area contributed by atoms with Gasteiger partial charge in [-0.15, -0.1) is 11.3 Å². The van der Waals surface area contributed by atoms with Gasteiger partial charge in [0.15, 0.2) is 0 Å². The predicted octanol–water partition coefficient (Wildman–Crippen LogP) is 4.33. The monoisotopic (exact) mass is 276 g/mol. The number of rotatable bonds is 1. The van der Waals surface area contributed by atoms with E-state index < -0.39 is 0 Å². The SMILES string of the molecule is COc1cccc2c(Cl)c(Br)sc12. The number of fused-ring (bicyclic) bond motifs is 1. The van der Waals surface area contributed by atoms with Crippen molar-refractivity contribution in [2.75, 3.05) is 7.11 Å². The lowest BCUT2D eigenvalue weighted by molar-refractivity contribution is 0.420. The normalized spacial score (nSPS) is 10.7. The van der Waals surface area contributed by atoms with E-state index >= 15 is 0 Å². The molecule has 2 aromatic rings. The van der Waals surface area contributed by atoms with Gasteiger partial charge < -0.3 is 4.74 Å². The van der Waals surface area contributed by atoms with Gasteiger partial charge in [0.05, 0.1) is 20.6 Å². The first-order chi connectivity index (χ1) is 6.24. The molecule has 2 rings (SSSR count). The van der Waals surface area contributed by atoms with Gasteiger partial charge in [0, 0.05) is 5.39 Å². The van der Waals surface area contributed by atoms with Crippen LogP contribution >= 0.6 is 38.9 Å². The second kappa shape index (κ2) is 3.48. The molecule has 1 nitrogen and oxygen atoms in total. The summed E-state index contributed by atoms with van der Waals surface area (Å²) in [6.07, 6.45) is 0. The molecule has 13 heavy (non-hydrogen) atoms. The minimum Gasteiger partial charge on any atom is -0.495 e. The fourth-order valence-corrected chi connectivity index (χ4v) is 3.13. The summed E-state index contributed by atoms with van der Waals surface area (Å²) >= 11 is 11.1. The summed E-state index contributed by atoms with van der Waals surface area (Å²) in [6, 6.07) is 5.86. The van der Waals surface area contributed by atoms with E-state index in [9.17, 15) is 0 Å². The quantitative estimate of drug-likeness (QED) is 0.754. The predicted molar refractivity (Wildman–Crippen MR) is 61.1 cm³/mol. The van der Waals surface area contributed by atoms with Crippen LogP contribution < -0.4 is 4.74 Å². The van der Waals surface area contributed by atoms with Crippen LogP contribution in [0.15, 0.2) is 22.0 Å². The van der Waals surface area contributed by atoms with Crippen molar-refractivity contribution in [3.05, 3.63) is 27.0 Å². The Bertz CT molecular complexity index is 452. The summed E-state index contributed by atoms with van der Waals surface area (Å²) in [6.45, 7) is 0. The van der Waals surface area contributed by atoms with Gasteiger partial charge in [-0.05, 0) is 22.0 Å². The maximum atomic E-state index is 6.08. The average Bonchev–Trinajstić information content (AvgIpc) is 2.43. The summed E-state index contributed by atoms with van der Waals surface area (Å²) in [5.41, 5.74) is 0. The van der Waals surface area contributed by atoms with E-state index in [0.717, 1.165) is 24.6 Å². The van der Waals surface area contributed by atoms with E-state index in [0.29, 0.717) is 0 Å². The Morgan fingerprint density at radius 1 is 1.46 bits per heavy atom. The van der Waals surface area contributed by atoms with E-state index in [-0.39, 0.29) is 0 Å². The van der Waals surface area contributed by atoms with Gasteiger partial charge in [-0.1, -0.05) is 23.7 Å². The molecule has 0 saturated carbocycles. The molecule has 0 radical (unpaired) electrons. The third-order valence-corrected chi connectivity index (χ3v) is 4.42. The maximum Gasteiger partial charge on any atom is 0.136 e. The molecular formula is C9H6BrClOS. The lowest BCUT2D eigenvalue weighted by Gasteiger charge is -1.99. The molecule has 1 heterocycles. The van der Waals surface area contributed by atoms with Crippen LogP contribution in [0.2, 0.25) is 5.02 Å². The number of benzene rings is 1. The van der Waals surface area contributed by atoms with Gasteiger partial charge in [0.25, 0.3) is 0 Å². The minimum absolute atomic E-state index is 0.763. The van der Waals surface area contributed by atoms with E-state index in [2.05, 4.69) is 15.9 Å². The van der Waals surface area contributed by atoms with E-state index in [1.54, 1.807) is 18.4 Å². The zero-order valence-corrected chi connectivity index (χ0v) is 9.96. The van der Waals surface area contributed by atoms with E-state index in [1.165, 1.54) is 0 Å². The first-order valence-electron chi connectivity index (χ1n) is 3.64. The largest absolute Gasteiger partial charge is 0.495 e. The number of halogens is 2. The van der Waals surface area contributed by atoms with Crippen LogP contribution in [-0.4, -0.2) is 7.11 Å². The first kappa shape index (κ1) is 9.31. The highest BCUT2D eigenvalue weighted by molar-refractivity contribution is 9.11. The Morgan fingerprint density at radius 3 is 2.92 bits per heavy atom. The zero-order valence-electron chi connectivity index (χ0n) is 6.80. The smallest absolute Gasteiger partial charge is 0.136 e. The summed E-state index contributed by atoms with van der Waals surface area (Å²) < 4.78 is 7.26. The third-order valence-electron chi connectivity index (χ3n) is 1.80. The number of hydrogen-bond acceptors (Lipinski definition) is 2. The molecule has 0 amide bonds. The molecule has 1 aromatic carbocycles. The van der Waals surface area contributed by atoms with Gasteiger partial charge in [-0.3, -0.25) is 0 Å². The van der Waals surface area contributed by atoms with E-state index in [1.807, 2.05) is 18.2 Å². The van der Waals surface area contributed by atoms with Gasteiger partial charge in [0.2, 0.25) is 0 Å². The van der Waals surface area contributed by atoms with Crippen molar-refractivity contribution in [2.24, 2.45) is 0 Å². The molecule has 0 aliphatic heterocycles. The lowest BCUT2D eigenvalue weighted by atomic mass is 10.2. The van der Waals surface area contributed by atoms with Crippen molar-refractivity contribution >= 4 is 49.0 Å². The summed E-state index contributed by atoms with van der Waals surface area (Å²) in [5.74, 6) is 0.870. The van der Waals surface area contributed by atoms with Gasteiger partial charge in [-0.25, -0.2) is 0 Å². The van der Waals surface area contributed by atoms with Crippen LogP contribution in [0.4, 0.5) is 0 Å². The molecule has 0 spiro atoms. The topological polar surface area (TPSA) is 9.23 Å². The molecule has 0 unspecified atom stereocenters. The Hall–Kier alpha value is -0.250. The minimum atomic E-state index is 0.763. The third kappa shape index (κ3) is 1.45. The molecular weight excluding hydrogens is 272 g/mol. The second-order valence-corrected chi connectivity index (χ2v) is 5.24. The first-order valence-corrected chi connectivity index (χ1v) is 5.63. The summed E-state index contributed by atoms with van der Waals surface area (Å²) in [4.78, 5) is 0. The Labute approximate surface area is 93.4 Å². The van der Waals surface area contributed by atoms with Gasteiger partial charge in [-0.2, -0.15) is 0 Å². The molecule has 0 aliphatic rings. The molecule has 0 N–H and O–H groups in total. The van der Waals surface area contributed by atoms with Crippen LogP contribution in [-0.2, 0) is 0 Å². The van der Waals surface area contributed by atoms with Gasteiger partial charge in [0.1, 0.15) is 5.75 Å². The molecule has 1 aromatic heterocycles. The molecule has 0 bridgehead atoms. The van der Waals surface area contributed by atoms with Crippen molar-refractivity contribution in [2.45, 2.75) is 0 Å². The lowest BCUT2D eigenvalue weighted by Crippen LogP contribution is -1.80. The van der Waals surface area contributed by atoms with Crippen LogP contribution in [0, 0.1) is 0 Å². The molecule has 0 aliphatic carbocycles. The van der Waals surface area contributed by atoms with Crippen molar-refractivity contribution in [1.29, 1.82) is 0 Å². The zero-order chi connectivity index (χ0) is 9.42. The van der Waals surface area contributed by atoms with Gasteiger partial charge >= 0.3 is 0 Å². The Kier molecular flexibility index (Phi) is 2.49. The Morgan fingerprint density at radius 2 is 2.23 bits per heavy atom. The van der Waals surface area contributed by atoms with Crippen molar-refractivity contribution in [1.82, 2.24) is 0 Å². The maximum absolute atomic E-state index is 6.08. The second-order valence-electron chi connectivity index (χ2n) is 2.53. The molecule has 0 fully saturated rings. The highest BCUT2D eigenvalue weighted by Crippen LogP contribution is 2.42. The molecule has 0 atom stereocenters. The van der Waals surface area contributed by atoms with Crippen LogP contribution in [0.3, 0.4) is 0 Å². The van der Waals surface area contributed by atoms with Crippen molar-refractivity contribution in [3.8, 4) is 5.75 Å². The molecule has 68 valence electrons. The van der Waals surface area contributed by atoms with Crippen LogP contribution in [0.5, 0.6) is 5.75 Å². The standard InChI is InChI=1S/C9H6BrClOS/c1-12-6-4-2-3-5-7(11)9(10)13-8(5)6/h2-4H,1H3. The fraction of sp³-hybridized carbons (Fsp3) is 0.111. The molecule has 4 heteroatoms. The Balaban J connectivity index is 2.84. The van der Waals surface area contributed by atoms with Crippen molar-refractivity contribution in [3.63, 3.8) is 0 Å². The number of hydrogen-bond donors (Lipinski definition) is 0. The fourth-order valence-electron chi connectivity index (χ4n) is 1.19. The van der Waals surface area contributed by atoms with E-state index in [4.69, 9.17) is 16.3 Å². The summed E-state index contributed by atoms with van der Waals surface area (Å²) in [7, 11) is 1.66. The number of thiophene rings is 1. The van der Waals surface area contributed by atoms with Crippen molar-refractivity contribution < 1.29 is 4.74 Å².